The summed E-state index contributed by atoms with van der Waals surface area (Å²) in [4.78, 5) is 21.6. The Morgan fingerprint density at radius 3 is 2.46 bits per heavy atom. The molecule has 7 heteroatoms. The van der Waals surface area contributed by atoms with E-state index in [2.05, 4.69) is 15.1 Å². The van der Waals surface area contributed by atoms with E-state index >= 15 is 0 Å². The lowest BCUT2D eigenvalue weighted by Crippen LogP contribution is -2.33. The maximum atomic E-state index is 12.8. The zero-order chi connectivity index (χ0) is 18.5. The molecular weight excluding hydrogens is 330 g/mol. The van der Waals surface area contributed by atoms with Crippen LogP contribution in [0.25, 0.3) is 28.1 Å². The highest BCUT2D eigenvalue weighted by Crippen LogP contribution is 2.21. The van der Waals surface area contributed by atoms with Crippen LogP contribution in [0, 0.1) is 0 Å². The van der Waals surface area contributed by atoms with Crippen molar-refractivity contribution in [2.24, 2.45) is 0 Å². The van der Waals surface area contributed by atoms with E-state index in [0.717, 1.165) is 11.3 Å². The predicted molar refractivity (Wildman–Crippen MR) is 99.5 cm³/mol. The smallest absolute Gasteiger partial charge is 0.262 e. The zero-order valence-electron chi connectivity index (χ0n) is 15.1. The van der Waals surface area contributed by atoms with Crippen molar-refractivity contribution in [2.45, 2.75) is 26.3 Å². The molecule has 26 heavy (non-hydrogen) atoms. The van der Waals surface area contributed by atoms with Crippen LogP contribution in [0.5, 0.6) is 5.75 Å². The van der Waals surface area contributed by atoms with Crippen molar-refractivity contribution >= 4 is 16.7 Å². The molecule has 0 saturated heterocycles. The number of hydrogen-bond donors (Lipinski definition) is 0. The lowest BCUT2D eigenvalue weighted by Gasteiger charge is -2.22. The molecule has 0 aliphatic rings. The molecule has 3 heterocycles. The summed E-state index contributed by atoms with van der Waals surface area (Å²) in [5.74, 6) is 1.77. The van der Waals surface area contributed by atoms with Gasteiger partial charge in [-0.25, -0.2) is 4.98 Å². The van der Waals surface area contributed by atoms with Gasteiger partial charge in [0.05, 0.1) is 18.0 Å². The molecule has 0 radical (unpaired) electrons. The molecule has 0 saturated carbocycles. The van der Waals surface area contributed by atoms with E-state index in [1.165, 1.54) is 0 Å². The number of rotatable bonds is 2. The number of benzene rings is 1. The molecular formula is C19H19N5O2. The van der Waals surface area contributed by atoms with Gasteiger partial charge in [-0.15, -0.1) is 5.10 Å². The Balaban J connectivity index is 1.92. The standard InChI is InChI=1S/C19H19N5O2/c1-19(2,3)23-10-9-15-14(17(23)25)11-20-18-21-16(22-24(15)18)12-5-7-13(26-4)8-6-12/h5-11H,1-4H3. The van der Waals surface area contributed by atoms with Gasteiger partial charge in [-0.3, -0.25) is 4.79 Å². The topological polar surface area (TPSA) is 74.3 Å². The van der Waals surface area contributed by atoms with E-state index in [1.807, 2.05) is 51.1 Å². The Morgan fingerprint density at radius 2 is 1.81 bits per heavy atom. The van der Waals surface area contributed by atoms with Crippen LogP contribution in [-0.4, -0.2) is 31.3 Å². The number of aromatic nitrogens is 5. The fourth-order valence-electron chi connectivity index (χ4n) is 2.91. The molecule has 0 fully saturated rings. The van der Waals surface area contributed by atoms with Crippen LogP contribution < -0.4 is 10.3 Å². The Hall–Kier alpha value is -3.22. The maximum Gasteiger partial charge on any atom is 0.262 e. The summed E-state index contributed by atoms with van der Waals surface area (Å²) in [5, 5.41) is 5.07. The predicted octanol–water partition coefficient (Wildman–Crippen LogP) is 2.87. The van der Waals surface area contributed by atoms with Gasteiger partial charge in [0.2, 0.25) is 0 Å². The third-order valence-corrected chi connectivity index (χ3v) is 4.30. The van der Waals surface area contributed by atoms with Crippen LogP contribution in [-0.2, 0) is 5.54 Å². The fraction of sp³-hybridized carbons (Fsp3) is 0.263. The van der Waals surface area contributed by atoms with Crippen LogP contribution >= 0.6 is 0 Å². The SMILES string of the molecule is COc1ccc(-c2nc3ncc4c(=O)n(C(C)(C)C)ccc4n3n2)cc1. The molecule has 0 aliphatic heterocycles. The Kier molecular flexibility index (Phi) is 3.54. The van der Waals surface area contributed by atoms with Gasteiger partial charge in [0, 0.05) is 23.5 Å². The van der Waals surface area contributed by atoms with Crippen molar-refractivity contribution in [3.8, 4) is 17.1 Å². The second kappa shape index (κ2) is 5.66. The average Bonchev–Trinajstić information content (AvgIpc) is 3.05. The Morgan fingerprint density at radius 1 is 1.08 bits per heavy atom. The maximum absolute atomic E-state index is 12.8. The van der Waals surface area contributed by atoms with Crippen LogP contribution in [0.3, 0.4) is 0 Å². The number of ether oxygens (including phenoxy) is 1. The van der Waals surface area contributed by atoms with Crippen molar-refractivity contribution in [2.75, 3.05) is 7.11 Å². The molecule has 0 bridgehead atoms. The molecule has 132 valence electrons. The first-order valence-electron chi connectivity index (χ1n) is 8.30. The number of nitrogens with zero attached hydrogens (tertiary/aromatic N) is 5. The molecule has 4 rings (SSSR count). The first-order valence-corrected chi connectivity index (χ1v) is 8.30. The van der Waals surface area contributed by atoms with Gasteiger partial charge in [0.1, 0.15) is 5.75 Å². The van der Waals surface area contributed by atoms with Crippen LogP contribution in [0.15, 0.2) is 47.5 Å². The largest absolute Gasteiger partial charge is 0.497 e. The van der Waals surface area contributed by atoms with Gasteiger partial charge in [-0.05, 0) is 51.1 Å². The van der Waals surface area contributed by atoms with E-state index in [-0.39, 0.29) is 11.1 Å². The van der Waals surface area contributed by atoms with Crippen molar-refractivity contribution in [3.05, 3.63) is 53.1 Å². The molecule has 4 aromatic rings. The van der Waals surface area contributed by atoms with Crippen molar-refractivity contribution in [1.82, 2.24) is 24.1 Å². The number of methoxy groups -OCH3 is 1. The second-order valence-electron chi connectivity index (χ2n) is 7.09. The molecule has 0 aliphatic carbocycles. The van der Waals surface area contributed by atoms with Crippen LogP contribution in [0.1, 0.15) is 20.8 Å². The summed E-state index contributed by atoms with van der Waals surface area (Å²) in [6.45, 7) is 5.97. The van der Waals surface area contributed by atoms with E-state index in [4.69, 9.17) is 4.74 Å². The second-order valence-corrected chi connectivity index (χ2v) is 7.09. The van der Waals surface area contributed by atoms with Gasteiger partial charge in [-0.2, -0.15) is 9.50 Å². The fourth-order valence-corrected chi connectivity index (χ4v) is 2.91. The molecule has 0 unspecified atom stereocenters. The monoisotopic (exact) mass is 349 g/mol. The first kappa shape index (κ1) is 16.3. The summed E-state index contributed by atoms with van der Waals surface area (Å²) < 4.78 is 8.49. The highest BCUT2D eigenvalue weighted by Gasteiger charge is 2.18. The molecule has 3 aromatic heterocycles. The minimum atomic E-state index is -0.309. The molecule has 0 amide bonds. The summed E-state index contributed by atoms with van der Waals surface area (Å²) in [6, 6.07) is 9.37. The molecule has 0 spiro atoms. The quantitative estimate of drug-likeness (QED) is 0.556. The Labute approximate surface area is 149 Å². The molecule has 0 atom stereocenters. The Bertz CT molecular complexity index is 1170. The summed E-state index contributed by atoms with van der Waals surface area (Å²) in [5.41, 5.74) is 1.14. The lowest BCUT2D eigenvalue weighted by atomic mass is 10.1. The van der Waals surface area contributed by atoms with E-state index < -0.39 is 0 Å². The minimum Gasteiger partial charge on any atom is -0.497 e. The molecule has 1 aromatic carbocycles. The van der Waals surface area contributed by atoms with Crippen LogP contribution in [0.4, 0.5) is 0 Å². The van der Waals surface area contributed by atoms with E-state index in [9.17, 15) is 4.79 Å². The third kappa shape index (κ3) is 2.52. The number of pyridine rings is 1. The van der Waals surface area contributed by atoms with Crippen molar-refractivity contribution in [3.63, 3.8) is 0 Å². The zero-order valence-corrected chi connectivity index (χ0v) is 15.1. The van der Waals surface area contributed by atoms with Crippen molar-refractivity contribution in [1.29, 1.82) is 0 Å². The van der Waals surface area contributed by atoms with Crippen LogP contribution in [0.2, 0.25) is 0 Å². The molecule has 0 N–H and O–H groups in total. The minimum absolute atomic E-state index is 0.0918. The van der Waals surface area contributed by atoms with Gasteiger partial charge in [0.15, 0.2) is 5.82 Å². The van der Waals surface area contributed by atoms with E-state index in [1.54, 1.807) is 28.6 Å². The number of hydrogen-bond acceptors (Lipinski definition) is 5. The lowest BCUT2D eigenvalue weighted by molar-refractivity contribution is 0.386. The third-order valence-electron chi connectivity index (χ3n) is 4.30. The normalized spacial score (nSPS) is 12.0. The van der Waals surface area contributed by atoms with Gasteiger partial charge >= 0.3 is 0 Å². The van der Waals surface area contributed by atoms with E-state index in [0.29, 0.717) is 22.5 Å². The first-order chi connectivity index (χ1) is 12.4. The molecule has 7 nitrogen and oxygen atoms in total. The van der Waals surface area contributed by atoms with Gasteiger partial charge in [0.25, 0.3) is 11.3 Å². The van der Waals surface area contributed by atoms with Gasteiger partial charge in [-0.1, -0.05) is 0 Å². The summed E-state index contributed by atoms with van der Waals surface area (Å²) in [7, 11) is 1.62. The summed E-state index contributed by atoms with van der Waals surface area (Å²) >= 11 is 0. The highest BCUT2D eigenvalue weighted by molar-refractivity contribution is 5.79. The highest BCUT2D eigenvalue weighted by atomic mass is 16.5. The summed E-state index contributed by atoms with van der Waals surface area (Å²) in [6.07, 6.45) is 3.36. The van der Waals surface area contributed by atoms with Crippen molar-refractivity contribution < 1.29 is 4.74 Å². The van der Waals surface area contributed by atoms with Gasteiger partial charge < -0.3 is 9.30 Å². The number of fused-ring (bicyclic) bond motifs is 3. The average molecular weight is 349 g/mol.